The number of carbonyl (C=O) groups is 1. The highest BCUT2D eigenvalue weighted by molar-refractivity contribution is 5.83. The number of rotatable bonds is 4. The molecule has 0 saturated heterocycles. The smallest absolute Gasteiger partial charge is 0.165 e. The minimum atomic E-state index is 0.462. The number of aldehydes is 1. The van der Waals surface area contributed by atoms with Crippen LogP contribution in [0.2, 0.25) is 0 Å². The summed E-state index contributed by atoms with van der Waals surface area (Å²) in [6.45, 7) is 0. The summed E-state index contributed by atoms with van der Waals surface area (Å²) in [5, 5.41) is 0. The van der Waals surface area contributed by atoms with Crippen molar-refractivity contribution in [3.05, 3.63) is 36.0 Å². The van der Waals surface area contributed by atoms with E-state index in [0.717, 1.165) is 11.8 Å². The van der Waals surface area contributed by atoms with Gasteiger partial charge in [-0.2, -0.15) is 0 Å². The standard InChI is InChI=1S/C14H15N3O2/c1-17(2)14-10(9-18)8-15-13(16-14)11-6-4-5-7-12(11)19-3/h4-9H,1-3H3. The number of ether oxygens (including phenoxy) is 1. The Labute approximate surface area is 111 Å². The molecule has 1 heterocycles. The third kappa shape index (κ3) is 2.54. The first-order valence-corrected chi connectivity index (χ1v) is 5.80. The van der Waals surface area contributed by atoms with Gasteiger partial charge in [-0.3, -0.25) is 4.79 Å². The van der Waals surface area contributed by atoms with E-state index in [2.05, 4.69) is 9.97 Å². The summed E-state index contributed by atoms with van der Waals surface area (Å²) in [6.07, 6.45) is 2.28. The first kappa shape index (κ1) is 13.0. The lowest BCUT2D eigenvalue weighted by Gasteiger charge is -2.15. The fourth-order valence-electron chi connectivity index (χ4n) is 1.78. The van der Waals surface area contributed by atoms with Gasteiger partial charge in [-0.05, 0) is 12.1 Å². The molecule has 2 rings (SSSR count). The Kier molecular flexibility index (Phi) is 3.75. The monoisotopic (exact) mass is 257 g/mol. The van der Waals surface area contributed by atoms with Gasteiger partial charge in [0.05, 0.1) is 18.2 Å². The topological polar surface area (TPSA) is 55.3 Å². The zero-order valence-corrected chi connectivity index (χ0v) is 11.1. The van der Waals surface area contributed by atoms with Crippen LogP contribution in [0.4, 0.5) is 5.82 Å². The molecule has 5 heteroatoms. The van der Waals surface area contributed by atoms with Gasteiger partial charge in [0.1, 0.15) is 11.6 Å². The number of aromatic nitrogens is 2. The van der Waals surface area contributed by atoms with Crippen molar-refractivity contribution in [2.24, 2.45) is 0 Å². The summed E-state index contributed by atoms with van der Waals surface area (Å²) in [4.78, 5) is 21.4. The van der Waals surface area contributed by atoms with Crippen LogP contribution in [0.1, 0.15) is 10.4 Å². The van der Waals surface area contributed by atoms with E-state index in [4.69, 9.17) is 4.74 Å². The summed E-state index contributed by atoms with van der Waals surface area (Å²) in [6, 6.07) is 7.51. The lowest BCUT2D eigenvalue weighted by atomic mass is 10.2. The Balaban J connectivity index is 2.57. The second-order valence-electron chi connectivity index (χ2n) is 4.19. The van der Waals surface area contributed by atoms with Crippen LogP contribution in [0, 0.1) is 0 Å². The Morgan fingerprint density at radius 1 is 1.26 bits per heavy atom. The van der Waals surface area contributed by atoms with Crippen LogP contribution in [-0.4, -0.2) is 37.5 Å². The van der Waals surface area contributed by atoms with Crippen molar-refractivity contribution in [3.8, 4) is 17.1 Å². The maximum atomic E-state index is 11.0. The molecule has 0 saturated carbocycles. The van der Waals surface area contributed by atoms with Crippen molar-refractivity contribution < 1.29 is 9.53 Å². The number of methoxy groups -OCH3 is 1. The first-order valence-electron chi connectivity index (χ1n) is 5.80. The van der Waals surface area contributed by atoms with Gasteiger partial charge >= 0.3 is 0 Å². The second kappa shape index (κ2) is 5.48. The molecule has 0 atom stereocenters. The highest BCUT2D eigenvalue weighted by atomic mass is 16.5. The van der Waals surface area contributed by atoms with Gasteiger partial charge in [0, 0.05) is 20.3 Å². The van der Waals surface area contributed by atoms with Crippen molar-refractivity contribution in [1.29, 1.82) is 0 Å². The fourth-order valence-corrected chi connectivity index (χ4v) is 1.78. The zero-order valence-electron chi connectivity index (χ0n) is 11.1. The SMILES string of the molecule is COc1ccccc1-c1ncc(C=O)c(N(C)C)n1. The lowest BCUT2D eigenvalue weighted by molar-refractivity contribution is 0.112. The largest absolute Gasteiger partial charge is 0.496 e. The molecule has 19 heavy (non-hydrogen) atoms. The van der Waals surface area contributed by atoms with Gasteiger partial charge in [-0.15, -0.1) is 0 Å². The lowest BCUT2D eigenvalue weighted by Crippen LogP contribution is -2.14. The molecule has 2 aromatic rings. The Bertz CT molecular complexity index is 597. The highest BCUT2D eigenvalue weighted by Crippen LogP contribution is 2.28. The van der Waals surface area contributed by atoms with Crippen LogP contribution in [0.15, 0.2) is 30.5 Å². The maximum absolute atomic E-state index is 11.0. The van der Waals surface area contributed by atoms with Gasteiger partial charge < -0.3 is 9.64 Å². The number of anilines is 1. The molecule has 0 fully saturated rings. The molecule has 0 aliphatic rings. The molecule has 1 aromatic carbocycles. The maximum Gasteiger partial charge on any atom is 0.165 e. The summed E-state index contributed by atoms with van der Waals surface area (Å²) in [5.41, 5.74) is 1.26. The van der Waals surface area contributed by atoms with Crippen LogP contribution in [-0.2, 0) is 0 Å². The number of carbonyl (C=O) groups excluding carboxylic acids is 1. The van der Waals surface area contributed by atoms with Crippen LogP contribution >= 0.6 is 0 Å². The van der Waals surface area contributed by atoms with Gasteiger partial charge in [-0.25, -0.2) is 9.97 Å². The Morgan fingerprint density at radius 2 is 2.00 bits per heavy atom. The molecule has 0 spiro atoms. The molecule has 0 aliphatic heterocycles. The summed E-state index contributed by atoms with van der Waals surface area (Å²) >= 11 is 0. The van der Waals surface area contributed by atoms with Gasteiger partial charge in [0.2, 0.25) is 0 Å². The van der Waals surface area contributed by atoms with E-state index in [9.17, 15) is 4.79 Å². The van der Waals surface area contributed by atoms with Gasteiger partial charge in [0.25, 0.3) is 0 Å². The number of benzene rings is 1. The first-order chi connectivity index (χ1) is 9.17. The normalized spacial score (nSPS) is 10.1. The Morgan fingerprint density at radius 3 is 2.63 bits per heavy atom. The van der Waals surface area contributed by atoms with E-state index in [1.165, 1.54) is 6.20 Å². The average molecular weight is 257 g/mol. The van der Waals surface area contributed by atoms with Gasteiger partial charge in [0.15, 0.2) is 12.1 Å². The predicted octanol–water partition coefficient (Wildman–Crippen LogP) is 2.03. The van der Waals surface area contributed by atoms with Crippen LogP contribution in [0.3, 0.4) is 0 Å². The number of para-hydroxylation sites is 1. The molecular weight excluding hydrogens is 242 g/mol. The average Bonchev–Trinajstić information content (AvgIpc) is 2.46. The molecule has 0 aliphatic carbocycles. The van der Waals surface area contributed by atoms with Crippen molar-refractivity contribution in [3.63, 3.8) is 0 Å². The summed E-state index contributed by atoms with van der Waals surface area (Å²) in [7, 11) is 5.27. The molecule has 98 valence electrons. The van der Waals surface area contributed by atoms with E-state index in [1.54, 1.807) is 12.0 Å². The number of hydrogen-bond acceptors (Lipinski definition) is 5. The molecule has 0 bridgehead atoms. The number of hydrogen-bond donors (Lipinski definition) is 0. The molecule has 0 N–H and O–H groups in total. The van der Waals surface area contributed by atoms with E-state index >= 15 is 0 Å². The third-order valence-corrected chi connectivity index (χ3v) is 2.69. The van der Waals surface area contributed by atoms with E-state index in [1.807, 2.05) is 38.4 Å². The number of nitrogens with zero attached hydrogens (tertiary/aromatic N) is 3. The minimum Gasteiger partial charge on any atom is -0.496 e. The summed E-state index contributed by atoms with van der Waals surface area (Å²) in [5.74, 6) is 1.82. The zero-order chi connectivity index (χ0) is 13.8. The second-order valence-corrected chi connectivity index (χ2v) is 4.19. The van der Waals surface area contributed by atoms with Crippen molar-refractivity contribution >= 4 is 12.1 Å². The van der Waals surface area contributed by atoms with Crippen LogP contribution < -0.4 is 9.64 Å². The fraction of sp³-hybridized carbons (Fsp3) is 0.214. The molecule has 0 amide bonds. The molecular formula is C14H15N3O2. The van der Waals surface area contributed by atoms with E-state index < -0.39 is 0 Å². The molecule has 0 unspecified atom stereocenters. The van der Waals surface area contributed by atoms with Crippen LogP contribution in [0.5, 0.6) is 5.75 Å². The third-order valence-electron chi connectivity index (χ3n) is 2.69. The summed E-state index contributed by atoms with van der Waals surface area (Å²) < 4.78 is 5.29. The van der Waals surface area contributed by atoms with Crippen molar-refractivity contribution in [1.82, 2.24) is 9.97 Å². The van der Waals surface area contributed by atoms with E-state index in [0.29, 0.717) is 23.0 Å². The highest BCUT2D eigenvalue weighted by Gasteiger charge is 2.12. The molecule has 0 radical (unpaired) electrons. The minimum absolute atomic E-state index is 0.462. The van der Waals surface area contributed by atoms with Crippen molar-refractivity contribution in [2.75, 3.05) is 26.1 Å². The van der Waals surface area contributed by atoms with E-state index in [-0.39, 0.29) is 0 Å². The van der Waals surface area contributed by atoms with Gasteiger partial charge in [-0.1, -0.05) is 12.1 Å². The molecule has 5 nitrogen and oxygen atoms in total. The predicted molar refractivity (Wildman–Crippen MR) is 73.7 cm³/mol. The van der Waals surface area contributed by atoms with Crippen LogP contribution in [0.25, 0.3) is 11.4 Å². The Hall–Kier alpha value is -2.43. The molecule has 1 aromatic heterocycles. The quantitative estimate of drug-likeness (QED) is 0.784. The van der Waals surface area contributed by atoms with Crippen molar-refractivity contribution in [2.45, 2.75) is 0 Å².